The van der Waals surface area contributed by atoms with Crippen LogP contribution in [0, 0.1) is 23.2 Å². The Morgan fingerprint density at radius 1 is 1.36 bits per heavy atom. The van der Waals surface area contributed by atoms with Gasteiger partial charge in [0.2, 0.25) is 0 Å². The topological polar surface area (TPSA) is 57.9 Å². The van der Waals surface area contributed by atoms with E-state index in [2.05, 4.69) is 6.07 Å². The molecule has 4 heteroatoms. The maximum Gasteiger partial charge on any atom is 0.148 e. The average molecular weight is 215 g/mol. The third-order valence-corrected chi connectivity index (χ3v) is 3.83. The molecule has 1 aliphatic rings. The fourth-order valence-corrected chi connectivity index (χ4v) is 3.14. The van der Waals surface area contributed by atoms with Crippen molar-refractivity contribution in [1.29, 1.82) is 5.26 Å². The molecule has 1 aliphatic carbocycles. The molecule has 3 nitrogen and oxygen atoms in total. The second-order valence-electron chi connectivity index (χ2n) is 4.23. The third-order valence-electron chi connectivity index (χ3n) is 2.87. The van der Waals surface area contributed by atoms with Gasteiger partial charge in [-0.25, -0.2) is 8.42 Å². The molecule has 0 bridgehead atoms. The number of hydrogen-bond acceptors (Lipinski definition) is 3. The molecule has 1 fully saturated rings. The highest BCUT2D eigenvalue weighted by atomic mass is 32.2. The van der Waals surface area contributed by atoms with Gasteiger partial charge in [-0.05, 0) is 18.8 Å². The summed E-state index contributed by atoms with van der Waals surface area (Å²) in [5.74, 6) is 0.0579. The molecule has 0 unspecified atom stereocenters. The zero-order chi connectivity index (χ0) is 10.6. The predicted molar refractivity (Wildman–Crippen MR) is 55.4 cm³/mol. The molecule has 1 atom stereocenters. The van der Waals surface area contributed by atoms with Crippen molar-refractivity contribution >= 4 is 9.84 Å². The van der Waals surface area contributed by atoms with Gasteiger partial charge in [-0.2, -0.15) is 5.26 Å². The highest BCUT2D eigenvalue weighted by Crippen LogP contribution is 2.30. The van der Waals surface area contributed by atoms with Gasteiger partial charge in [0.1, 0.15) is 9.84 Å². The van der Waals surface area contributed by atoms with Crippen molar-refractivity contribution in [3.8, 4) is 6.07 Å². The van der Waals surface area contributed by atoms with Crippen LogP contribution in [0.25, 0.3) is 0 Å². The third kappa shape index (κ3) is 3.67. The lowest BCUT2D eigenvalue weighted by Crippen LogP contribution is -2.23. The quantitative estimate of drug-likeness (QED) is 0.720. The highest BCUT2D eigenvalue weighted by Gasteiger charge is 2.26. The lowest BCUT2D eigenvalue weighted by molar-refractivity contribution is 0.305. The molecule has 0 aliphatic heterocycles. The van der Waals surface area contributed by atoms with Crippen LogP contribution in [0.1, 0.15) is 32.1 Å². The first-order chi connectivity index (χ1) is 6.53. The minimum absolute atomic E-state index is 0.0359. The van der Waals surface area contributed by atoms with E-state index in [1.165, 1.54) is 12.7 Å². The standard InChI is InChI=1S/C10H17NO2S/c1-14(12,13)8-10(7-11)9-5-3-2-4-6-9/h9-10H,2-6,8H2,1H3/t10-/m0/s1. The molecule has 0 aromatic rings. The Morgan fingerprint density at radius 3 is 2.36 bits per heavy atom. The summed E-state index contributed by atoms with van der Waals surface area (Å²) in [4.78, 5) is 0. The Hall–Kier alpha value is -0.560. The van der Waals surface area contributed by atoms with Crippen LogP contribution in [0.3, 0.4) is 0 Å². The molecule has 0 radical (unpaired) electrons. The van der Waals surface area contributed by atoms with Crippen LogP contribution in [0.5, 0.6) is 0 Å². The number of rotatable bonds is 3. The summed E-state index contributed by atoms with van der Waals surface area (Å²) in [6.07, 6.45) is 6.77. The first-order valence-corrected chi connectivity index (χ1v) is 7.16. The van der Waals surface area contributed by atoms with E-state index in [4.69, 9.17) is 5.26 Å². The number of hydrogen-bond donors (Lipinski definition) is 0. The smallest absolute Gasteiger partial charge is 0.148 e. The van der Waals surface area contributed by atoms with Crippen LogP contribution in [0.4, 0.5) is 0 Å². The summed E-state index contributed by atoms with van der Waals surface area (Å²) in [7, 11) is -3.01. The van der Waals surface area contributed by atoms with E-state index >= 15 is 0 Å². The van der Waals surface area contributed by atoms with E-state index in [-0.39, 0.29) is 11.7 Å². The van der Waals surface area contributed by atoms with Gasteiger partial charge in [-0.3, -0.25) is 0 Å². The molecule has 1 saturated carbocycles. The van der Waals surface area contributed by atoms with Crippen molar-refractivity contribution in [3.05, 3.63) is 0 Å². The van der Waals surface area contributed by atoms with E-state index in [0.29, 0.717) is 5.92 Å². The lowest BCUT2D eigenvalue weighted by Gasteiger charge is -2.25. The Balaban J connectivity index is 2.58. The van der Waals surface area contributed by atoms with Crippen molar-refractivity contribution in [2.75, 3.05) is 12.0 Å². The normalized spacial score (nSPS) is 21.4. The zero-order valence-corrected chi connectivity index (χ0v) is 9.39. The molecular formula is C10H17NO2S. The van der Waals surface area contributed by atoms with Gasteiger partial charge in [-0.15, -0.1) is 0 Å². The Kier molecular flexibility index (Phi) is 3.94. The van der Waals surface area contributed by atoms with Crippen LogP contribution >= 0.6 is 0 Å². The molecule has 14 heavy (non-hydrogen) atoms. The number of sulfone groups is 1. The molecular weight excluding hydrogens is 198 g/mol. The Labute approximate surface area is 86.0 Å². The van der Waals surface area contributed by atoms with Gasteiger partial charge >= 0.3 is 0 Å². The van der Waals surface area contributed by atoms with E-state index in [0.717, 1.165) is 25.7 Å². The molecule has 0 saturated heterocycles. The van der Waals surface area contributed by atoms with Gasteiger partial charge in [0, 0.05) is 6.26 Å². The fraction of sp³-hybridized carbons (Fsp3) is 0.900. The SMILES string of the molecule is CS(=O)(=O)C[C@H](C#N)C1CCCCC1. The molecule has 0 heterocycles. The second kappa shape index (κ2) is 4.79. The summed E-state index contributed by atoms with van der Waals surface area (Å²) >= 11 is 0. The van der Waals surface area contributed by atoms with Crippen molar-refractivity contribution in [2.45, 2.75) is 32.1 Å². The van der Waals surface area contributed by atoms with Gasteiger partial charge in [0.05, 0.1) is 17.7 Å². The first kappa shape index (κ1) is 11.5. The molecule has 0 aromatic carbocycles. The van der Waals surface area contributed by atoms with Crippen LogP contribution < -0.4 is 0 Å². The van der Waals surface area contributed by atoms with Crippen LogP contribution in [-0.2, 0) is 9.84 Å². The maximum atomic E-state index is 11.1. The zero-order valence-electron chi connectivity index (χ0n) is 8.57. The summed E-state index contributed by atoms with van der Waals surface area (Å²) in [6.45, 7) is 0. The minimum Gasteiger partial charge on any atom is -0.229 e. The number of nitriles is 1. The molecule has 0 N–H and O–H groups in total. The van der Waals surface area contributed by atoms with Crippen LogP contribution in [-0.4, -0.2) is 20.4 Å². The molecule has 1 rings (SSSR count). The lowest BCUT2D eigenvalue weighted by atomic mass is 9.81. The van der Waals surface area contributed by atoms with E-state index < -0.39 is 9.84 Å². The van der Waals surface area contributed by atoms with Crippen molar-refractivity contribution in [3.63, 3.8) is 0 Å². The molecule has 0 aromatic heterocycles. The molecule has 0 amide bonds. The van der Waals surface area contributed by atoms with E-state index in [1.807, 2.05) is 0 Å². The minimum atomic E-state index is -3.01. The molecule has 0 spiro atoms. The van der Waals surface area contributed by atoms with Crippen molar-refractivity contribution < 1.29 is 8.42 Å². The average Bonchev–Trinajstić information content (AvgIpc) is 2.14. The predicted octanol–water partition coefficient (Wildman–Crippen LogP) is 1.75. The van der Waals surface area contributed by atoms with Crippen LogP contribution in [0.15, 0.2) is 0 Å². The number of nitrogens with zero attached hydrogens (tertiary/aromatic N) is 1. The van der Waals surface area contributed by atoms with E-state index in [9.17, 15) is 8.42 Å². The first-order valence-electron chi connectivity index (χ1n) is 5.10. The largest absolute Gasteiger partial charge is 0.229 e. The van der Waals surface area contributed by atoms with Gasteiger partial charge in [0.25, 0.3) is 0 Å². The fourth-order valence-electron chi connectivity index (χ4n) is 2.14. The summed E-state index contributed by atoms with van der Waals surface area (Å²) in [6, 6.07) is 2.15. The summed E-state index contributed by atoms with van der Waals surface area (Å²) < 4.78 is 22.2. The van der Waals surface area contributed by atoms with Crippen molar-refractivity contribution in [2.24, 2.45) is 11.8 Å². The Morgan fingerprint density at radius 2 is 1.93 bits per heavy atom. The van der Waals surface area contributed by atoms with Crippen molar-refractivity contribution in [1.82, 2.24) is 0 Å². The van der Waals surface area contributed by atoms with Gasteiger partial charge in [-0.1, -0.05) is 19.3 Å². The summed E-state index contributed by atoms with van der Waals surface area (Å²) in [5, 5.41) is 8.93. The Bertz CT molecular complexity index is 310. The second-order valence-corrected chi connectivity index (χ2v) is 6.41. The van der Waals surface area contributed by atoms with Gasteiger partial charge in [0.15, 0.2) is 0 Å². The summed E-state index contributed by atoms with van der Waals surface area (Å²) in [5.41, 5.74) is 0. The highest BCUT2D eigenvalue weighted by molar-refractivity contribution is 7.90. The maximum absolute atomic E-state index is 11.1. The van der Waals surface area contributed by atoms with Gasteiger partial charge < -0.3 is 0 Å². The molecule has 80 valence electrons. The monoisotopic (exact) mass is 215 g/mol. The van der Waals surface area contributed by atoms with E-state index in [1.54, 1.807) is 0 Å². The van der Waals surface area contributed by atoms with Crippen LogP contribution in [0.2, 0.25) is 0 Å².